The van der Waals surface area contributed by atoms with Gasteiger partial charge in [0.15, 0.2) is 0 Å². The van der Waals surface area contributed by atoms with Gasteiger partial charge in [0.25, 0.3) is 5.91 Å². The second-order valence-corrected chi connectivity index (χ2v) is 0.973. The first-order valence-corrected chi connectivity index (χ1v) is 1.69. The molecule has 0 aliphatic rings. The van der Waals surface area contributed by atoms with E-state index in [9.17, 15) is 9.59 Å². The minimum absolute atomic E-state index is 0.433. The van der Waals surface area contributed by atoms with Gasteiger partial charge in [-0.1, -0.05) is 0 Å². The predicted molar refractivity (Wildman–Crippen MR) is 23.9 cm³/mol. The van der Waals surface area contributed by atoms with Crippen LogP contribution >= 0.6 is 0 Å². The first-order valence-electron chi connectivity index (χ1n) is 1.69. The van der Waals surface area contributed by atoms with Crippen LogP contribution in [0.1, 0.15) is 0 Å². The van der Waals surface area contributed by atoms with Gasteiger partial charge in [-0.15, -0.1) is 0 Å². The topological polar surface area (TPSA) is 96.6 Å². The van der Waals surface area contributed by atoms with Crippen molar-refractivity contribution in [2.45, 2.75) is 0 Å². The third-order valence-corrected chi connectivity index (χ3v) is 0.418. The number of carbonyl (C=O) groups is 2. The molecule has 0 aliphatic carbocycles. The lowest BCUT2D eigenvalue weighted by Crippen LogP contribution is -2.23. The SMILES string of the molecule is [N-]=[N+]=CC(=O)C(N)=O. The number of amides is 1. The molecule has 8 heavy (non-hydrogen) atoms. The maximum Gasteiger partial charge on any atom is 0.333 e. The van der Waals surface area contributed by atoms with Crippen LogP contribution in [0, 0.1) is 0 Å². The van der Waals surface area contributed by atoms with Gasteiger partial charge in [0.1, 0.15) is 0 Å². The molecule has 0 fully saturated rings. The summed E-state index contributed by atoms with van der Waals surface area (Å²) < 4.78 is 0. The zero-order chi connectivity index (χ0) is 6.57. The Labute approximate surface area is 44.7 Å². The molecule has 0 bridgehead atoms. The van der Waals surface area contributed by atoms with Crippen molar-refractivity contribution in [2.24, 2.45) is 5.73 Å². The second-order valence-electron chi connectivity index (χ2n) is 0.973. The van der Waals surface area contributed by atoms with Gasteiger partial charge >= 0.3 is 12.0 Å². The highest BCUT2D eigenvalue weighted by Crippen LogP contribution is 1.56. The molecule has 5 nitrogen and oxygen atoms in total. The summed E-state index contributed by atoms with van der Waals surface area (Å²) in [4.78, 5) is 22.0. The minimum Gasteiger partial charge on any atom is -0.363 e. The van der Waals surface area contributed by atoms with Gasteiger partial charge in [0, 0.05) is 0 Å². The van der Waals surface area contributed by atoms with Crippen molar-refractivity contribution in [1.82, 2.24) is 0 Å². The van der Waals surface area contributed by atoms with E-state index in [-0.39, 0.29) is 0 Å². The minimum atomic E-state index is -1.14. The lowest BCUT2D eigenvalue weighted by Gasteiger charge is -1.72. The number of carbonyl (C=O) groups excluding carboxylic acids is 2. The van der Waals surface area contributed by atoms with E-state index >= 15 is 0 Å². The van der Waals surface area contributed by atoms with E-state index in [4.69, 9.17) is 5.53 Å². The van der Waals surface area contributed by atoms with E-state index in [0.717, 1.165) is 0 Å². The van der Waals surface area contributed by atoms with Gasteiger partial charge < -0.3 is 11.3 Å². The monoisotopic (exact) mass is 113 g/mol. The summed E-state index contributed by atoms with van der Waals surface area (Å²) in [7, 11) is 0. The summed E-state index contributed by atoms with van der Waals surface area (Å²) in [6.07, 6.45) is 0.433. The van der Waals surface area contributed by atoms with Crippen LogP contribution in [0.3, 0.4) is 0 Å². The van der Waals surface area contributed by atoms with Crippen LogP contribution in [0.25, 0.3) is 5.53 Å². The van der Waals surface area contributed by atoms with Gasteiger partial charge in [0.2, 0.25) is 0 Å². The molecule has 0 unspecified atom stereocenters. The molecular formula is C3H3N3O2. The van der Waals surface area contributed by atoms with Gasteiger partial charge in [-0.3, -0.25) is 9.59 Å². The third kappa shape index (κ3) is 1.84. The summed E-state index contributed by atoms with van der Waals surface area (Å²) in [6.45, 7) is 0. The van der Waals surface area contributed by atoms with E-state index in [0.29, 0.717) is 6.21 Å². The standard InChI is InChI=1S/C3H3N3O2/c4-3(8)2(7)1-6-5/h1H,(H2,4,8). The Bertz CT molecular complexity index is 163. The smallest absolute Gasteiger partial charge is 0.333 e. The molecule has 0 aromatic carbocycles. The van der Waals surface area contributed by atoms with Crippen molar-refractivity contribution < 1.29 is 14.4 Å². The fraction of sp³-hybridized carbons (Fsp3) is 0. The maximum atomic E-state index is 9.96. The Morgan fingerprint density at radius 3 is 2.25 bits per heavy atom. The Hall–Kier alpha value is -1.48. The summed E-state index contributed by atoms with van der Waals surface area (Å²) in [6, 6.07) is 0. The van der Waals surface area contributed by atoms with E-state index in [1.54, 1.807) is 0 Å². The number of ketones is 1. The Morgan fingerprint density at radius 2 is 2.12 bits per heavy atom. The van der Waals surface area contributed by atoms with Crippen molar-refractivity contribution in [3.63, 3.8) is 0 Å². The molecule has 42 valence electrons. The zero-order valence-corrected chi connectivity index (χ0v) is 3.87. The van der Waals surface area contributed by atoms with Crippen molar-refractivity contribution >= 4 is 17.9 Å². The largest absolute Gasteiger partial charge is 0.363 e. The summed E-state index contributed by atoms with van der Waals surface area (Å²) in [5.74, 6) is -2.16. The molecule has 0 rings (SSSR count). The van der Waals surface area contributed by atoms with Crippen LogP contribution in [0.15, 0.2) is 0 Å². The fourth-order valence-corrected chi connectivity index (χ4v) is 0.116. The van der Waals surface area contributed by atoms with Gasteiger partial charge in [-0.05, 0) is 0 Å². The second kappa shape index (κ2) is 2.65. The van der Waals surface area contributed by atoms with Crippen molar-refractivity contribution in [2.75, 3.05) is 0 Å². The van der Waals surface area contributed by atoms with Crippen LogP contribution < -0.4 is 5.73 Å². The molecule has 0 heterocycles. The average molecular weight is 113 g/mol. The van der Waals surface area contributed by atoms with Gasteiger partial charge in [-0.2, -0.15) is 4.79 Å². The van der Waals surface area contributed by atoms with E-state index in [2.05, 4.69) is 10.5 Å². The summed E-state index contributed by atoms with van der Waals surface area (Å²) in [5, 5.41) is 0. The Kier molecular flexibility index (Phi) is 2.16. The third-order valence-electron chi connectivity index (χ3n) is 0.418. The number of Topliss-reactive ketones (excluding diaryl/α,β-unsaturated/α-hetero) is 1. The molecule has 0 saturated heterocycles. The van der Waals surface area contributed by atoms with Crippen molar-refractivity contribution in [3.8, 4) is 0 Å². The Morgan fingerprint density at radius 1 is 1.62 bits per heavy atom. The van der Waals surface area contributed by atoms with E-state index < -0.39 is 11.7 Å². The van der Waals surface area contributed by atoms with Gasteiger partial charge in [0.05, 0.1) is 0 Å². The summed E-state index contributed by atoms with van der Waals surface area (Å²) >= 11 is 0. The van der Waals surface area contributed by atoms with E-state index in [1.807, 2.05) is 0 Å². The highest BCUT2D eigenvalue weighted by atomic mass is 16.2. The molecule has 5 heteroatoms. The molecule has 0 atom stereocenters. The normalized spacial score (nSPS) is 7.00. The Balaban J connectivity index is 4.05. The molecule has 0 saturated carbocycles. The molecule has 0 aliphatic heterocycles. The van der Waals surface area contributed by atoms with Crippen LogP contribution in [0.5, 0.6) is 0 Å². The number of nitrogens with two attached hydrogens (primary N) is 1. The number of nitrogens with zero attached hydrogens (tertiary/aromatic N) is 2. The first-order chi connectivity index (χ1) is 3.68. The lowest BCUT2D eigenvalue weighted by atomic mass is 10.4. The average Bonchev–Trinajstić information content (AvgIpc) is 1.67. The number of primary amides is 1. The van der Waals surface area contributed by atoms with Crippen LogP contribution in [0.2, 0.25) is 0 Å². The molecule has 2 N–H and O–H groups in total. The lowest BCUT2D eigenvalue weighted by molar-refractivity contribution is -0.133. The molecule has 1 amide bonds. The van der Waals surface area contributed by atoms with Crippen LogP contribution in [-0.4, -0.2) is 22.7 Å². The first kappa shape index (κ1) is 6.52. The highest BCUT2D eigenvalue weighted by Gasteiger charge is 2.08. The highest BCUT2D eigenvalue weighted by molar-refractivity contribution is 6.56. The molecule has 0 radical (unpaired) electrons. The van der Waals surface area contributed by atoms with Gasteiger partial charge in [-0.25, -0.2) is 0 Å². The molecular weight excluding hydrogens is 110 g/mol. The molecule has 0 spiro atoms. The number of hydrogen-bond acceptors (Lipinski definition) is 2. The number of rotatable bonds is 2. The van der Waals surface area contributed by atoms with E-state index in [1.165, 1.54) is 0 Å². The summed E-state index contributed by atoms with van der Waals surface area (Å²) in [5.41, 5.74) is 12.1. The molecule has 0 aromatic rings. The predicted octanol–water partition coefficient (Wildman–Crippen LogP) is -1.66. The fourth-order valence-electron chi connectivity index (χ4n) is 0.116. The van der Waals surface area contributed by atoms with Crippen molar-refractivity contribution in [1.29, 1.82) is 0 Å². The number of hydrogen-bond donors (Lipinski definition) is 1. The molecule has 0 aromatic heterocycles. The quantitative estimate of drug-likeness (QED) is 0.201. The zero-order valence-electron chi connectivity index (χ0n) is 3.87. The van der Waals surface area contributed by atoms with Crippen molar-refractivity contribution in [3.05, 3.63) is 5.53 Å². The maximum absolute atomic E-state index is 9.96. The van der Waals surface area contributed by atoms with Crippen LogP contribution in [0.4, 0.5) is 0 Å². The van der Waals surface area contributed by atoms with Crippen LogP contribution in [-0.2, 0) is 9.59 Å².